The van der Waals surface area contributed by atoms with E-state index in [2.05, 4.69) is 45.6 Å². The van der Waals surface area contributed by atoms with E-state index in [0.29, 0.717) is 5.92 Å². The Labute approximate surface area is 106 Å². The summed E-state index contributed by atoms with van der Waals surface area (Å²) >= 11 is 0. The zero-order chi connectivity index (χ0) is 12.7. The number of unbranched alkanes of at least 4 members (excludes halogenated alkanes) is 1. The summed E-state index contributed by atoms with van der Waals surface area (Å²) in [6, 6.07) is 6.28. The first kappa shape index (κ1) is 13.8. The molecule has 0 aromatic heterocycles. The number of rotatable bonds is 7. The maximum Gasteiger partial charge on any atom is 0.120 e. The summed E-state index contributed by atoms with van der Waals surface area (Å²) in [6.45, 7) is 11.1. The molecule has 0 saturated carbocycles. The fourth-order valence-electron chi connectivity index (χ4n) is 1.77. The van der Waals surface area contributed by atoms with Crippen LogP contribution in [0.1, 0.15) is 44.7 Å². The Morgan fingerprint density at radius 3 is 2.65 bits per heavy atom. The normalized spacial score (nSPS) is 10.6. The van der Waals surface area contributed by atoms with Crippen molar-refractivity contribution in [3.05, 3.63) is 42.0 Å². The molecule has 1 rings (SSSR count). The average molecular weight is 231 g/mol. The minimum atomic E-state index is 0.651. The van der Waals surface area contributed by atoms with Gasteiger partial charge in [0, 0.05) is 0 Å². The van der Waals surface area contributed by atoms with E-state index in [4.69, 9.17) is 4.74 Å². The van der Waals surface area contributed by atoms with Gasteiger partial charge in [0.15, 0.2) is 0 Å². The van der Waals surface area contributed by atoms with E-state index in [1.54, 1.807) is 0 Å². The predicted molar refractivity (Wildman–Crippen MR) is 73.4 cm³/mol. The molecule has 0 aliphatic carbocycles. The zero-order valence-corrected chi connectivity index (χ0v) is 11.3. The van der Waals surface area contributed by atoms with Crippen LogP contribution < -0.4 is 4.74 Å². The first-order valence-electron chi connectivity index (χ1n) is 6.45. The SMILES string of the molecule is C=[C]c1cc(CC(C)C)cc(OCCCC)c1. The topological polar surface area (TPSA) is 9.23 Å². The summed E-state index contributed by atoms with van der Waals surface area (Å²) in [5, 5.41) is 0. The predicted octanol–water partition coefficient (Wildman–Crippen LogP) is 4.40. The first-order valence-corrected chi connectivity index (χ1v) is 6.45. The van der Waals surface area contributed by atoms with Crippen molar-refractivity contribution in [1.29, 1.82) is 0 Å². The highest BCUT2D eigenvalue weighted by Crippen LogP contribution is 2.20. The van der Waals surface area contributed by atoms with E-state index in [1.807, 2.05) is 6.07 Å². The van der Waals surface area contributed by atoms with Crippen LogP contribution >= 0.6 is 0 Å². The Hall–Kier alpha value is -1.24. The van der Waals surface area contributed by atoms with Crippen molar-refractivity contribution >= 4 is 0 Å². The molecule has 1 aromatic carbocycles. The van der Waals surface area contributed by atoms with Crippen molar-refractivity contribution in [3.63, 3.8) is 0 Å². The molecule has 1 aromatic rings. The van der Waals surface area contributed by atoms with Gasteiger partial charge in [0.1, 0.15) is 5.75 Å². The second kappa shape index (κ2) is 7.16. The van der Waals surface area contributed by atoms with Crippen molar-refractivity contribution in [2.75, 3.05) is 6.61 Å². The summed E-state index contributed by atoms with van der Waals surface area (Å²) in [5.41, 5.74) is 2.33. The van der Waals surface area contributed by atoms with Crippen molar-refractivity contribution < 1.29 is 4.74 Å². The molecule has 17 heavy (non-hydrogen) atoms. The Kier molecular flexibility index (Phi) is 5.82. The minimum Gasteiger partial charge on any atom is -0.494 e. The van der Waals surface area contributed by atoms with Crippen LogP contribution in [-0.4, -0.2) is 6.61 Å². The van der Waals surface area contributed by atoms with Crippen molar-refractivity contribution in [3.8, 4) is 5.75 Å². The molecule has 0 amide bonds. The van der Waals surface area contributed by atoms with Crippen molar-refractivity contribution in [1.82, 2.24) is 0 Å². The summed E-state index contributed by atoms with van der Waals surface area (Å²) < 4.78 is 5.74. The molecule has 0 saturated heterocycles. The van der Waals surface area contributed by atoms with Crippen LogP contribution in [0.4, 0.5) is 0 Å². The first-order chi connectivity index (χ1) is 8.15. The van der Waals surface area contributed by atoms with Crippen molar-refractivity contribution in [2.24, 2.45) is 5.92 Å². The highest BCUT2D eigenvalue weighted by atomic mass is 16.5. The molecule has 1 nitrogen and oxygen atoms in total. The summed E-state index contributed by atoms with van der Waals surface area (Å²) in [7, 11) is 0. The maximum atomic E-state index is 5.74. The van der Waals surface area contributed by atoms with Crippen LogP contribution in [0.2, 0.25) is 0 Å². The Morgan fingerprint density at radius 2 is 2.06 bits per heavy atom. The molecule has 0 heterocycles. The molecule has 0 unspecified atom stereocenters. The van der Waals surface area contributed by atoms with Gasteiger partial charge in [-0.1, -0.05) is 39.8 Å². The van der Waals surface area contributed by atoms with E-state index in [0.717, 1.165) is 37.2 Å². The lowest BCUT2D eigenvalue weighted by molar-refractivity contribution is 0.309. The molecule has 0 fully saturated rings. The van der Waals surface area contributed by atoms with Crippen molar-refractivity contribution in [2.45, 2.75) is 40.0 Å². The summed E-state index contributed by atoms with van der Waals surface area (Å²) in [4.78, 5) is 0. The van der Waals surface area contributed by atoms with Gasteiger partial charge < -0.3 is 4.74 Å². The van der Waals surface area contributed by atoms with Gasteiger partial charge >= 0.3 is 0 Å². The Morgan fingerprint density at radius 1 is 1.29 bits per heavy atom. The molecular weight excluding hydrogens is 208 g/mol. The molecule has 1 heteroatoms. The fourth-order valence-corrected chi connectivity index (χ4v) is 1.77. The lowest BCUT2D eigenvalue weighted by Crippen LogP contribution is -1.99. The summed E-state index contributed by atoms with van der Waals surface area (Å²) in [6.07, 6.45) is 6.27. The minimum absolute atomic E-state index is 0.651. The van der Waals surface area contributed by atoms with Gasteiger partial charge in [-0.2, -0.15) is 0 Å². The second-order valence-corrected chi connectivity index (χ2v) is 4.84. The molecule has 0 spiro atoms. The molecule has 93 valence electrons. The van der Waals surface area contributed by atoms with Crippen LogP contribution in [0.25, 0.3) is 0 Å². The third kappa shape index (κ3) is 5.08. The van der Waals surface area contributed by atoms with Gasteiger partial charge in [0.2, 0.25) is 0 Å². The Bertz CT molecular complexity index is 353. The molecular formula is C16H23O. The van der Waals surface area contributed by atoms with Crippen LogP contribution in [0, 0.1) is 12.0 Å². The number of hydrogen-bond donors (Lipinski definition) is 0. The standard InChI is InChI=1S/C16H23O/c1-5-7-8-17-16-11-14(6-2)10-15(12-16)9-13(3)4/h10-13H,2,5,7-9H2,1,3-4H3. The largest absolute Gasteiger partial charge is 0.494 e. The van der Waals surface area contributed by atoms with Gasteiger partial charge in [-0.3, -0.25) is 0 Å². The maximum absolute atomic E-state index is 5.74. The van der Waals surface area contributed by atoms with E-state index in [1.165, 1.54) is 5.56 Å². The van der Waals surface area contributed by atoms with Gasteiger partial charge in [0.25, 0.3) is 0 Å². The van der Waals surface area contributed by atoms with E-state index in [-0.39, 0.29) is 0 Å². The molecule has 0 atom stereocenters. The lowest BCUT2D eigenvalue weighted by Gasteiger charge is -2.11. The number of ether oxygens (including phenoxy) is 1. The fraction of sp³-hybridized carbons (Fsp3) is 0.500. The highest BCUT2D eigenvalue weighted by Gasteiger charge is 2.03. The molecule has 0 aliphatic rings. The molecule has 0 bridgehead atoms. The smallest absolute Gasteiger partial charge is 0.120 e. The third-order valence-corrected chi connectivity index (χ3v) is 2.58. The van der Waals surface area contributed by atoms with Crippen LogP contribution in [0.5, 0.6) is 5.75 Å². The second-order valence-electron chi connectivity index (χ2n) is 4.84. The zero-order valence-electron chi connectivity index (χ0n) is 11.3. The van der Waals surface area contributed by atoms with Gasteiger partial charge in [0.05, 0.1) is 6.61 Å². The lowest BCUT2D eigenvalue weighted by atomic mass is 10.0. The van der Waals surface area contributed by atoms with Crippen LogP contribution in [-0.2, 0) is 6.42 Å². The quantitative estimate of drug-likeness (QED) is 0.632. The van der Waals surface area contributed by atoms with E-state index >= 15 is 0 Å². The van der Waals surface area contributed by atoms with E-state index < -0.39 is 0 Å². The Balaban J connectivity index is 2.77. The van der Waals surface area contributed by atoms with Gasteiger partial charge in [-0.15, -0.1) is 0 Å². The average Bonchev–Trinajstić information content (AvgIpc) is 2.28. The molecule has 0 aliphatic heterocycles. The number of benzene rings is 1. The van der Waals surface area contributed by atoms with Crippen LogP contribution in [0.3, 0.4) is 0 Å². The third-order valence-electron chi connectivity index (χ3n) is 2.58. The molecule has 1 radical (unpaired) electrons. The summed E-state index contributed by atoms with van der Waals surface area (Å²) in [5.74, 6) is 1.60. The van der Waals surface area contributed by atoms with Gasteiger partial charge in [-0.25, -0.2) is 0 Å². The monoisotopic (exact) mass is 231 g/mol. The van der Waals surface area contributed by atoms with Gasteiger partial charge in [-0.05, 0) is 48.1 Å². The van der Waals surface area contributed by atoms with Crippen LogP contribution in [0.15, 0.2) is 24.8 Å². The number of hydrogen-bond acceptors (Lipinski definition) is 1. The van der Waals surface area contributed by atoms with E-state index in [9.17, 15) is 0 Å². The molecule has 0 N–H and O–H groups in total. The highest BCUT2D eigenvalue weighted by molar-refractivity contribution is 5.37.